The summed E-state index contributed by atoms with van der Waals surface area (Å²) in [4.78, 5) is 0. The zero-order chi connectivity index (χ0) is 23.5. The van der Waals surface area contributed by atoms with E-state index in [4.69, 9.17) is 5.26 Å². The van der Waals surface area contributed by atoms with Gasteiger partial charge in [-0.3, -0.25) is 0 Å². The third-order valence-corrected chi connectivity index (χ3v) is 7.88. The molecule has 3 heteroatoms. The minimum absolute atomic E-state index is 0.257. The van der Waals surface area contributed by atoms with Gasteiger partial charge >= 0.3 is 0 Å². The second-order valence-corrected chi connectivity index (χ2v) is 10.3. The number of hydrogen-bond donors (Lipinski definition) is 0. The first kappa shape index (κ1) is 25.5. The van der Waals surface area contributed by atoms with E-state index in [1.165, 1.54) is 96.0 Å². The molecule has 3 rings (SSSR count). The minimum atomic E-state index is -0.857. The van der Waals surface area contributed by atoms with Crippen LogP contribution in [0.5, 0.6) is 0 Å². The third kappa shape index (κ3) is 8.30. The average Bonchev–Trinajstić information content (AvgIpc) is 2.82. The van der Waals surface area contributed by atoms with Gasteiger partial charge in [-0.1, -0.05) is 89.0 Å². The molecule has 0 radical (unpaired) electrons. The summed E-state index contributed by atoms with van der Waals surface area (Å²) in [5.74, 6) is 7.37. The van der Waals surface area contributed by atoms with Crippen LogP contribution < -0.4 is 0 Å². The van der Waals surface area contributed by atoms with Crippen LogP contribution in [0.25, 0.3) is 0 Å². The summed E-state index contributed by atoms with van der Waals surface area (Å²) in [5, 5.41) is 8.73. The lowest BCUT2D eigenvalue weighted by Gasteiger charge is -2.31. The maximum atomic E-state index is 13.7. The van der Waals surface area contributed by atoms with E-state index in [9.17, 15) is 8.78 Å². The van der Waals surface area contributed by atoms with Crippen LogP contribution in [-0.2, 0) is 0 Å². The second kappa shape index (κ2) is 13.5. The summed E-state index contributed by atoms with van der Waals surface area (Å²) in [6, 6.07) is 3.77. The van der Waals surface area contributed by atoms with Crippen LogP contribution >= 0.6 is 0 Å². The predicted molar refractivity (Wildman–Crippen MR) is 131 cm³/mol. The van der Waals surface area contributed by atoms with E-state index in [1.807, 2.05) is 6.08 Å². The van der Waals surface area contributed by atoms with E-state index >= 15 is 0 Å². The van der Waals surface area contributed by atoms with Gasteiger partial charge in [0, 0.05) is 5.56 Å². The maximum absolute atomic E-state index is 13.7. The summed E-state index contributed by atoms with van der Waals surface area (Å²) in [5.41, 5.74) is -0.296. The normalized spacial score (nSPS) is 25.4. The number of halogens is 2. The van der Waals surface area contributed by atoms with E-state index in [-0.39, 0.29) is 5.56 Å². The molecule has 1 nitrogen and oxygen atoms in total. The van der Waals surface area contributed by atoms with Gasteiger partial charge in [-0.15, -0.1) is 0 Å². The molecule has 0 atom stereocenters. The SMILES string of the molecule is CCCCC[C@H]1CC[C@H](CCC2CCC(/C=C/C#Cc3cc(F)c(C#N)c(F)c3)CC2)CC1. The van der Waals surface area contributed by atoms with Crippen LogP contribution in [0.1, 0.15) is 108 Å². The molecule has 0 unspecified atom stereocenters. The van der Waals surface area contributed by atoms with E-state index < -0.39 is 17.2 Å². The highest BCUT2D eigenvalue weighted by molar-refractivity contribution is 5.43. The minimum Gasteiger partial charge on any atom is -0.205 e. The van der Waals surface area contributed by atoms with E-state index in [0.29, 0.717) is 5.92 Å². The van der Waals surface area contributed by atoms with Gasteiger partial charge in [0.05, 0.1) is 0 Å². The molecule has 1 aromatic rings. The molecule has 0 aliphatic heterocycles. The van der Waals surface area contributed by atoms with Crippen LogP contribution in [0.2, 0.25) is 0 Å². The van der Waals surface area contributed by atoms with Gasteiger partial charge in [-0.2, -0.15) is 5.26 Å². The molecular formula is C30H39F2N. The van der Waals surface area contributed by atoms with Crippen molar-refractivity contribution in [3.05, 3.63) is 47.0 Å². The lowest BCUT2D eigenvalue weighted by Crippen LogP contribution is -2.17. The molecule has 178 valence electrons. The Kier molecular flexibility index (Phi) is 10.5. The zero-order valence-corrected chi connectivity index (χ0v) is 20.2. The molecule has 0 N–H and O–H groups in total. The maximum Gasteiger partial charge on any atom is 0.145 e. The molecule has 0 saturated heterocycles. The monoisotopic (exact) mass is 451 g/mol. The van der Waals surface area contributed by atoms with Crippen molar-refractivity contribution >= 4 is 0 Å². The highest BCUT2D eigenvalue weighted by Crippen LogP contribution is 2.38. The van der Waals surface area contributed by atoms with Crippen molar-refractivity contribution < 1.29 is 8.78 Å². The largest absolute Gasteiger partial charge is 0.205 e. The fourth-order valence-corrected chi connectivity index (χ4v) is 5.69. The van der Waals surface area contributed by atoms with Gasteiger partial charge in [0.2, 0.25) is 0 Å². The average molecular weight is 452 g/mol. The topological polar surface area (TPSA) is 23.8 Å². The summed E-state index contributed by atoms with van der Waals surface area (Å²) >= 11 is 0. The molecule has 0 amide bonds. The van der Waals surface area contributed by atoms with Crippen molar-refractivity contribution in [3.63, 3.8) is 0 Å². The Labute approximate surface area is 199 Å². The third-order valence-electron chi connectivity index (χ3n) is 7.88. The van der Waals surface area contributed by atoms with Gasteiger partial charge in [0.25, 0.3) is 0 Å². The molecule has 0 bridgehead atoms. The molecule has 1 aromatic carbocycles. The lowest BCUT2D eigenvalue weighted by molar-refractivity contribution is 0.219. The number of allylic oxidation sites excluding steroid dienone is 2. The predicted octanol–water partition coefficient (Wildman–Crippen LogP) is 8.72. The highest BCUT2D eigenvalue weighted by atomic mass is 19.1. The Balaban J connectivity index is 1.33. The van der Waals surface area contributed by atoms with Gasteiger partial charge < -0.3 is 0 Å². The molecule has 0 aromatic heterocycles. The molecule has 33 heavy (non-hydrogen) atoms. The van der Waals surface area contributed by atoms with Crippen molar-refractivity contribution in [2.75, 3.05) is 0 Å². The summed E-state index contributed by atoms with van der Waals surface area (Å²) in [6.07, 6.45) is 23.3. The molecule has 2 saturated carbocycles. The Morgan fingerprint density at radius 3 is 1.94 bits per heavy atom. The van der Waals surface area contributed by atoms with Crippen LogP contribution in [-0.4, -0.2) is 0 Å². The quantitative estimate of drug-likeness (QED) is 0.286. The second-order valence-electron chi connectivity index (χ2n) is 10.3. The first-order valence-corrected chi connectivity index (χ1v) is 13.2. The molecule has 0 heterocycles. The zero-order valence-electron chi connectivity index (χ0n) is 20.2. The number of nitrogens with zero attached hydrogens (tertiary/aromatic N) is 1. The summed E-state index contributed by atoms with van der Waals surface area (Å²) in [7, 11) is 0. The Bertz CT molecular complexity index is 846. The molecule has 2 aliphatic carbocycles. The van der Waals surface area contributed by atoms with Gasteiger partial charge in [0.1, 0.15) is 23.3 Å². The van der Waals surface area contributed by atoms with E-state index in [0.717, 1.165) is 29.9 Å². The Morgan fingerprint density at radius 2 is 1.39 bits per heavy atom. The van der Waals surface area contributed by atoms with Crippen LogP contribution in [0.4, 0.5) is 8.78 Å². The smallest absolute Gasteiger partial charge is 0.145 e. The van der Waals surface area contributed by atoms with Crippen molar-refractivity contribution in [1.29, 1.82) is 5.26 Å². The van der Waals surface area contributed by atoms with Crippen LogP contribution in [0, 0.1) is 58.5 Å². The van der Waals surface area contributed by atoms with Crippen molar-refractivity contribution in [2.24, 2.45) is 23.7 Å². The van der Waals surface area contributed by atoms with Crippen LogP contribution in [0.3, 0.4) is 0 Å². The van der Waals surface area contributed by atoms with Gasteiger partial charge in [-0.05, 0) is 67.6 Å². The molecular weight excluding hydrogens is 412 g/mol. The highest BCUT2D eigenvalue weighted by Gasteiger charge is 2.24. The number of rotatable bonds is 8. The van der Waals surface area contributed by atoms with Crippen LogP contribution in [0.15, 0.2) is 24.3 Å². The molecule has 0 spiro atoms. The standard InChI is InChI=1S/C30H39F2N/c1-2-3-4-7-23-10-14-25(15-11-23)18-19-26-16-12-24(13-17-26)8-5-6-9-27-20-29(31)28(22-33)30(32)21-27/h5,8,20-21,23-26H,2-4,7,10-19H2,1H3/b8-5+/t23-,24?,25-,26?. The van der Waals surface area contributed by atoms with Gasteiger partial charge in [0.15, 0.2) is 0 Å². The lowest BCUT2D eigenvalue weighted by atomic mass is 9.75. The van der Waals surface area contributed by atoms with Crippen molar-refractivity contribution in [3.8, 4) is 17.9 Å². The molecule has 2 fully saturated rings. The van der Waals surface area contributed by atoms with Gasteiger partial charge in [-0.25, -0.2) is 8.78 Å². The number of benzene rings is 1. The molecule has 2 aliphatic rings. The number of nitriles is 1. The first-order chi connectivity index (χ1) is 16.1. The van der Waals surface area contributed by atoms with E-state index in [2.05, 4.69) is 24.8 Å². The Morgan fingerprint density at radius 1 is 0.848 bits per heavy atom. The Hall–Kier alpha value is -2.13. The number of unbranched alkanes of at least 4 members (excludes halogenated alkanes) is 2. The summed E-state index contributed by atoms with van der Waals surface area (Å²) in [6.45, 7) is 2.29. The van der Waals surface area contributed by atoms with Crippen molar-refractivity contribution in [1.82, 2.24) is 0 Å². The first-order valence-electron chi connectivity index (χ1n) is 13.2. The fraction of sp³-hybridized carbons (Fsp3) is 0.633. The number of hydrogen-bond acceptors (Lipinski definition) is 1. The summed E-state index contributed by atoms with van der Waals surface area (Å²) < 4.78 is 27.3. The van der Waals surface area contributed by atoms with Crippen molar-refractivity contribution in [2.45, 2.75) is 96.8 Å². The fourth-order valence-electron chi connectivity index (χ4n) is 5.69. The van der Waals surface area contributed by atoms with E-state index in [1.54, 1.807) is 0 Å².